The standard InChI is InChI=1S/C11H9ClO4/c1-7-2-4-8(5-3-7)16-10(11(14)15)9(12)6-13/h2-6H,1H3,(H,14,15)/b10-9-. The molecular formula is C11H9ClO4. The Balaban J connectivity index is 2.97. The second kappa shape index (κ2) is 5.32. The molecule has 0 heterocycles. The van der Waals surface area contributed by atoms with Crippen molar-refractivity contribution >= 4 is 23.9 Å². The zero-order valence-electron chi connectivity index (χ0n) is 8.44. The normalized spacial score (nSPS) is 11.6. The molecule has 84 valence electrons. The monoisotopic (exact) mass is 240 g/mol. The highest BCUT2D eigenvalue weighted by atomic mass is 35.5. The van der Waals surface area contributed by atoms with Gasteiger partial charge in [0.25, 0.3) is 0 Å². The minimum absolute atomic E-state index is 0.221. The van der Waals surface area contributed by atoms with Crippen LogP contribution < -0.4 is 4.74 Å². The molecule has 0 aliphatic rings. The Morgan fingerprint density at radius 2 is 1.94 bits per heavy atom. The lowest BCUT2D eigenvalue weighted by atomic mass is 10.2. The first kappa shape index (κ1) is 12.3. The summed E-state index contributed by atoms with van der Waals surface area (Å²) < 4.78 is 5.00. The largest absolute Gasteiger partial charge is 0.475 e. The molecule has 0 fully saturated rings. The van der Waals surface area contributed by atoms with Crippen LogP contribution in [0.5, 0.6) is 5.75 Å². The predicted octanol–water partition coefficient (Wildman–Crippen LogP) is 2.11. The summed E-state index contributed by atoms with van der Waals surface area (Å²) in [5, 5.41) is 8.29. The summed E-state index contributed by atoms with van der Waals surface area (Å²) in [5.41, 5.74) is 1.01. The number of halogens is 1. The maximum Gasteiger partial charge on any atom is 0.373 e. The number of aliphatic carboxylic acids is 1. The van der Waals surface area contributed by atoms with Crippen molar-refractivity contribution in [3.63, 3.8) is 0 Å². The number of ether oxygens (including phenoxy) is 1. The van der Waals surface area contributed by atoms with Crippen LogP contribution in [0.1, 0.15) is 5.56 Å². The first-order valence-corrected chi connectivity index (χ1v) is 4.75. The van der Waals surface area contributed by atoms with Crippen molar-refractivity contribution in [3.8, 4) is 5.75 Å². The Morgan fingerprint density at radius 1 is 1.38 bits per heavy atom. The number of carboxylic acids is 1. The van der Waals surface area contributed by atoms with Crippen LogP contribution in [-0.4, -0.2) is 17.4 Å². The van der Waals surface area contributed by atoms with Crippen molar-refractivity contribution in [2.75, 3.05) is 0 Å². The van der Waals surface area contributed by atoms with Crippen molar-refractivity contribution in [3.05, 3.63) is 40.6 Å². The van der Waals surface area contributed by atoms with E-state index in [0.717, 1.165) is 5.56 Å². The molecule has 0 saturated heterocycles. The Kier molecular flexibility index (Phi) is 4.08. The van der Waals surface area contributed by atoms with E-state index in [1.54, 1.807) is 24.3 Å². The average molecular weight is 241 g/mol. The highest BCUT2D eigenvalue weighted by molar-refractivity contribution is 6.40. The molecule has 1 N–H and O–H groups in total. The first-order chi connectivity index (χ1) is 7.54. The van der Waals surface area contributed by atoms with Gasteiger partial charge in [0.2, 0.25) is 5.76 Å². The lowest BCUT2D eigenvalue weighted by Crippen LogP contribution is -2.10. The van der Waals surface area contributed by atoms with Crippen LogP contribution in [0.15, 0.2) is 35.1 Å². The second-order valence-electron chi connectivity index (χ2n) is 3.02. The Morgan fingerprint density at radius 3 is 2.38 bits per heavy atom. The van der Waals surface area contributed by atoms with E-state index in [1.165, 1.54) is 0 Å². The fourth-order valence-corrected chi connectivity index (χ4v) is 1.09. The molecule has 0 bridgehead atoms. The van der Waals surface area contributed by atoms with E-state index >= 15 is 0 Å². The van der Waals surface area contributed by atoms with E-state index in [1.807, 2.05) is 6.92 Å². The number of carbonyl (C=O) groups excluding carboxylic acids is 1. The average Bonchev–Trinajstić information content (AvgIpc) is 2.27. The fourth-order valence-electron chi connectivity index (χ4n) is 0.972. The van der Waals surface area contributed by atoms with Gasteiger partial charge in [-0.05, 0) is 19.1 Å². The molecule has 0 unspecified atom stereocenters. The van der Waals surface area contributed by atoms with Crippen LogP contribution in [0.25, 0.3) is 0 Å². The predicted molar refractivity (Wildman–Crippen MR) is 58.4 cm³/mol. The first-order valence-electron chi connectivity index (χ1n) is 4.37. The summed E-state index contributed by atoms with van der Waals surface area (Å²) in [6, 6.07) is 6.69. The van der Waals surface area contributed by atoms with Gasteiger partial charge in [0.1, 0.15) is 10.8 Å². The van der Waals surface area contributed by atoms with Gasteiger partial charge in [-0.25, -0.2) is 4.79 Å². The lowest BCUT2D eigenvalue weighted by Gasteiger charge is -2.06. The Bertz CT molecular complexity index is 434. The molecule has 1 rings (SSSR count). The molecule has 0 aliphatic heterocycles. The third kappa shape index (κ3) is 3.10. The zero-order chi connectivity index (χ0) is 12.1. The number of carboxylic acid groups (broad SMARTS) is 1. The van der Waals surface area contributed by atoms with Gasteiger partial charge in [0.05, 0.1) is 0 Å². The molecule has 16 heavy (non-hydrogen) atoms. The molecule has 0 radical (unpaired) electrons. The molecule has 5 heteroatoms. The number of aryl methyl sites for hydroxylation is 1. The maximum absolute atomic E-state index is 10.7. The summed E-state index contributed by atoms with van der Waals surface area (Å²) in [6.07, 6.45) is 0.221. The van der Waals surface area contributed by atoms with Crippen LogP contribution >= 0.6 is 11.6 Å². The van der Waals surface area contributed by atoms with Crippen LogP contribution in [0.4, 0.5) is 0 Å². The van der Waals surface area contributed by atoms with Crippen molar-refractivity contribution in [1.29, 1.82) is 0 Å². The highest BCUT2D eigenvalue weighted by Gasteiger charge is 2.15. The minimum atomic E-state index is -1.39. The van der Waals surface area contributed by atoms with Gasteiger partial charge in [-0.1, -0.05) is 29.3 Å². The Labute approximate surface area is 97.1 Å². The number of allylic oxidation sites excluding steroid dienone is 1. The van der Waals surface area contributed by atoms with Gasteiger partial charge >= 0.3 is 5.97 Å². The van der Waals surface area contributed by atoms with E-state index in [0.29, 0.717) is 5.75 Å². The van der Waals surface area contributed by atoms with Crippen LogP contribution in [0, 0.1) is 6.92 Å². The smallest absolute Gasteiger partial charge is 0.373 e. The molecule has 0 amide bonds. The summed E-state index contributed by atoms with van der Waals surface area (Å²) in [5.74, 6) is -1.67. The van der Waals surface area contributed by atoms with Crippen molar-refractivity contribution in [2.45, 2.75) is 6.92 Å². The Hall–Kier alpha value is -1.81. The number of rotatable bonds is 4. The third-order valence-electron chi connectivity index (χ3n) is 1.76. The summed E-state index contributed by atoms with van der Waals surface area (Å²) in [6.45, 7) is 1.89. The summed E-state index contributed by atoms with van der Waals surface area (Å²) >= 11 is 5.41. The molecule has 1 aromatic carbocycles. The maximum atomic E-state index is 10.7. The van der Waals surface area contributed by atoms with Gasteiger partial charge in [0.15, 0.2) is 6.29 Å². The number of hydrogen-bond donors (Lipinski definition) is 1. The SMILES string of the molecule is Cc1ccc(O/C(C(=O)O)=C(\Cl)C=O)cc1. The van der Waals surface area contributed by atoms with Gasteiger partial charge in [-0.2, -0.15) is 0 Å². The summed E-state index contributed by atoms with van der Waals surface area (Å²) in [4.78, 5) is 21.1. The zero-order valence-corrected chi connectivity index (χ0v) is 9.19. The number of hydrogen-bond acceptors (Lipinski definition) is 3. The lowest BCUT2D eigenvalue weighted by molar-refractivity contribution is -0.135. The fraction of sp³-hybridized carbons (Fsp3) is 0.0909. The minimum Gasteiger partial charge on any atom is -0.475 e. The quantitative estimate of drug-likeness (QED) is 0.497. The van der Waals surface area contributed by atoms with Crippen LogP contribution in [0.2, 0.25) is 0 Å². The molecule has 0 spiro atoms. The molecular weight excluding hydrogens is 232 g/mol. The van der Waals surface area contributed by atoms with Gasteiger partial charge in [0, 0.05) is 0 Å². The molecule has 0 aliphatic carbocycles. The molecule has 0 aromatic heterocycles. The number of aldehydes is 1. The van der Waals surface area contributed by atoms with E-state index in [4.69, 9.17) is 21.4 Å². The number of carbonyl (C=O) groups is 2. The van der Waals surface area contributed by atoms with Gasteiger partial charge < -0.3 is 9.84 Å². The van der Waals surface area contributed by atoms with E-state index in [-0.39, 0.29) is 6.29 Å². The third-order valence-corrected chi connectivity index (χ3v) is 2.02. The van der Waals surface area contributed by atoms with Crippen molar-refractivity contribution < 1.29 is 19.4 Å². The molecule has 4 nitrogen and oxygen atoms in total. The van der Waals surface area contributed by atoms with Crippen molar-refractivity contribution in [1.82, 2.24) is 0 Å². The van der Waals surface area contributed by atoms with Crippen molar-refractivity contribution in [2.24, 2.45) is 0 Å². The highest BCUT2D eigenvalue weighted by Crippen LogP contribution is 2.17. The second-order valence-corrected chi connectivity index (χ2v) is 3.42. The summed E-state index contributed by atoms with van der Waals surface area (Å²) in [7, 11) is 0. The molecule has 0 saturated carbocycles. The molecule has 1 aromatic rings. The molecule has 0 atom stereocenters. The number of benzene rings is 1. The van der Waals surface area contributed by atoms with E-state index in [9.17, 15) is 9.59 Å². The topological polar surface area (TPSA) is 63.6 Å². The van der Waals surface area contributed by atoms with Gasteiger partial charge in [-0.15, -0.1) is 0 Å². The van der Waals surface area contributed by atoms with Crippen LogP contribution in [0.3, 0.4) is 0 Å². The van der Waals surface area contributed by atoms with Crippen LogP contribution in [-0.2, 0) is 9.59 Å². The van der Waals surface area contributed by atoms with E-state index < -0.39 is 16.8 Å². The van der Waals surface area contributed by atoms with Gasteiger partial charge in [-0.3, -0.25) is 4.79 Å². The van der Waals surface area contributed by atoms with E-state index in [2.05, 4.69) is 0 Å².